The fourth-order valence-electron chi connectivity index (χ4n) is 2.94. The zero-order valence-corrected chi connectivity index (χ0v) is 14.2. The maximum Gasteiger partial charge on any atom is 0.351 e. The van der Waals surface area contributed by atoms with Gasteiger partial charge < -0.3 is 20.5 Å². The van der Waals surface area contributed by atoms with Crippen LogP contribution in [-0.4, -0.2) is 35.2 Å². The number of hydrogen-bond donors (Lipinski definition) is 2. The monoisotopic (exact) mass is 366 g/mol. The Labute approximate surface area is 148 Å². The largest absolute Gasteiger partial charge is 0.496 e. The molecular formula is C17H20F2N4O3. The summed E-state index contributed by atoms with van der Waals surface area (Å²) in [7, 11) is 1.57. The van der Waals surface area contributed by atoms with Gasteiger partial charge in [-0.2, -0.15) is 4.98 Å². The first-order chi connectivity index (χ1) is 12.4. The lowest BCUT2D eigenvalue weighted by Crippen LogP contribution is -2.35. The molecule has 1 saturated heterocycles. The van der Waals surface area contributed by atoms with Crippen LogP contribution in [0.5, 0.6) is 5.75 Å². The van der Waals surface area contributed by atoms with Gasteiger partial charge in [0.15, 0.2) is 0 Å². The summed E-state index contributed by atoms with van der Waals surface area (Å²) in [5.41, 5.74) is 5.44. The molecule has 3 rings (SSSR count). The van der Waals surface area contributed by atoms with Gasteiger partial charge in [-0.3, -0.25) is 4.57 Å². The van der Waals surface area contributed by atoms with Crippen molar-refractivity contribution in [3.63, 3.8) is 0 Å². The number of methoxy groups -OCH3 is 1. The summed E-state index contributed by atoms with van der Waals surface area (Å²) in [4.78, 5) is 15.3. The number of ether oxygens (including phenoxy) is 2. The fraction of sp³-hybridized carbons (Fsp3) is 0.412. The van der Waals surface area contributed by atoms with E-state index < -0.39 is 30.4 Å². The number of hydrogen-bond acceptors (Lipinski definition) is 6. The molecule has 1 fully saturated rings. The molecule has 1 aromatic heterocycles. The number of para-hydroxylation sites is 1. The predicted molar refractivity (Wildman–Crippen MR) is 91.1 cm³/mol. The van der Waals surface area contributed by atoms with E-state index in [4.69, 9.17) is 15.2 Å². The number of nitrogen functional groups attached to an aromatic ring is 1. The molecule has 0 aliphatic carbocycles. The average molecular weight is 366 g/mol. The first kappa shape index (κ1) is 18.3. The first-order valence-corrected chi connectivity index (χ1v) is 8.11. The van der Waals surface area contributed by atoms with Crippen molar-refractivity contribution in [3.05, 3.63) is 52.6 Å². The molecule has 140 valence electrons. The number of nitrogens with zero attached hydrogens (tertiary/aromatic N) is 2. The Bertz CT molecular complexity index is 828. The Morgan fingerprint density at radius 2 is 2.19 bits per heavy atom. The van der Waals surface area contributed by atoms with Gasteiger partial charge in [0.1, 0.15) is 11.6 Å². The van der Waals surface area contributed by atoms with Crippen molar-refractivity contribution in [2.75, 3.05) is 19.4 Å². The number of halogens is 2. The van der Waals surface area contributed by atoms with E-state index >= 15 is 0 Å². The molecule has 3 N–H and O–H groups in total. The fourth-order valence-corrected chi connectivity index (χ4v) is 2.94. The lowest BCUT2D eigenvalue weighted by Gasteiger charge is -2.19. The average Bonchev–Trinajstić information content (AvgIpc) is 2.89. The number of aromatic nitrogens is 2. The SMILES string of the molecule is COc1ccccc1CNC[C@@H]1CC(F)(F)[C@H](n2ccc(N)nc2=O)O1. The van der Waals surface area contributed by atoms with Gasteiger partial charge in [-0.05, 0) is 12.1 Å². The molecule has 1 aliphatic heterocycles. The minimum Gasteiger partial charge on any atom is -0.496 e. The maximum absolute atomic E-state index is 14.3. The summed E-state index contributed by atoms with van der Waals surface area (Å²) in [6.07, 6.45) is -1.75. The number of nitrogens with two attached hydrogens (primary N) is 1. The summed E-state index contributed by atoms with van der Waals surface area (Å²) >= 11 is 0. The van der Waals surface area contributed by atoms with Crippen LogP contribution >= 0.6 is 0 Å². The molecular weight excluding hydrogens is 346 g/mol. The van der Waals surface area contributed by atoms with Crippen LogP contribution in [-0.2, 0) is 11.3 Å². The molecule has 0 unspecified atom stereocenters. The van der Waals surface area contributed by atoms with Crippen LogP contribution in [0.2, 0.25) is 0 Å². The second-order valence-electron chi connectivity index (χ2n) is 6.06. The van der Waals surface area contributed by atoms with Crippen molar-refractivity contribution in [2.24, 2.45) is 0 Å². The van der Waals surface area contributed by atoms with Gasteiger partial charge in [-0.1, -0.05) is 18.2 Å². The third kappa shape index (κ3) is 3.83. The smallest absolute Gasteiger partial charge is 0.351 e. The maximum atomic E-state index is 14.3. The predicted octanol–water partition coefficient (Wildman–Crippen LogP) is 1.55. The lowest BCUT2D eigenvalue weighted by molar-refractivity contribution is -0.116. The number of anilines is 1. The van der Waals surface area contributed by atoms with E-state index in [1.54, 1.807) is 7.11 Å². The molecule has 26 heavy (non-hydrogen) atoms. The van der Waals surface area contributed by atoms with Crippen molar-refractivity contribution < 1.29 is 18.3 Å². The zero-order chi connectivity index (χ0) is 18.7. The highest BCUT2D eigenvalue weighted by molar-refractivity contribution is 5.33. The molecule has 7 nitrogen and oxygen atoms in total. The summed E-state index contributed by atoms with van der Waals surface area (Å²) in [6, 6.07) is 8.72. The quantitative estimate of drug-likeness (QED) is 0.806. The molecule has 0 amide bonds. The van der Waals surface area contributed by atoms with Crippen LogP contribution < -0.4 is 21.5 Å². The highest BCUT2D eigenvalue weighted by atomic mass is 19.3. The van der Waals surface area contributed by atoms with E-state index in [0.717, 1.165) is 15.9 Å². The number of rotatable bonds is 6. The number of benzene rings is 1. The van der Waals surface area contributed by atoms with Crippen LogP contribution in [0.15, 0.2) is 41.3 Å². The molecule has 9 heteroatoms. The highest BCUT2D eigenvalue weighted by Gasteiger charge is 2.51. The second-order valence-corrected chi connectivity index (χ2v) is 6.06. The molecule has 2 heterocycles. The highest BCUT2D eigenvalue weighted by Crippen LogP contribution is 2.41. The minimum atomic E-state index is -3.18. The molecule has 2 aromatic rings. The van der Waals surface area contributed by atoms with E-state index in [-0.39, 0.29) is 12.4 Å². The summed E-state index contributed by atoms with van der Waals surface area (Å²) in [5.74, 6) is -2.49. The Morgan fingerprint density at radius 1 is 1.42 bits per heavy atom. The summed E-state index contributed by atoms with van der Waals surface area (Å²) < 4.78 is 40.0. The van der Waals surface area contributed by atoms with Crippen molar-refractivity contribution in [2.45, 2.75) is 31.2 Å². The van der Waals surface area contributed by atoms with Gasteiger partial charge in [0.05, 0.1) is 13.2 Å². The topological polar surface area (TPSA) is 91.4 Å². The van der Waals surface area contributed by atoms with Gasteiger partial charge in [-0.15, -0.1) is 0 Å². The van der Waals surface area contributed by atoms with Crippen molar-refractivity contribution in [1.82, 2.24) is 14.9 Å². The Balaban J connectivity index is 1.63. The molecule has 0 saturated carbocycles. The Morgan fingerprint density at radius 3 is 2.92 bits per heavy atom. The molecule has 0 radical (unpaired) electrons. The Kier molecular flexibility index (Phi) is 5.19. The van der Waals surface area contributed by atoms with Gasteiger partial charge in [0.2, 0.25) is 6.23 Å². The van der Waals surface area contributed by atoms with Crippen molar-refractivity contribution >= 4 is 5.82 Å². The van der Waals surface area contributed by atoms with E-state index in [1.165, 1.54) is 12.3 Å². The van der Waals surface area contributed by atoms with Crippen molar-refractivity contribution in [1.29, 1.82) is 0 Å². The number of alkyl halides is 2. The normalized spacial score (nSPS) is 21.7. The third-order valence-electron chi connectivity index (χ3n) is 4.17. The summed E-state index contributed by atoms with van der Waals surface area (Å²) in [5, 5.41) is 3.09. The summed E-state index contributed by atoms with van der Waals surface area (Å²) in [6.45, 7) is 0.658. The zero-order valence-electron chi connectivity index (χ0n) is 14.2. The molecule has 1 aliphatic rings. The van der Waals surface area contributed by atoms with Crippen LogP contribution in [0.1, 0.15) is 18.2 Å². The molecule has 2 atom stereocenters. The van der Waals surface area contributed by atoms with Gasteiger partial charge in [0, 0.05) is 31.3 Å². The van der Waals surface area contributed by atoms with Gasteiger partial charge in [-0.25, -0.2) is 13.6 Å². The van der Waals surface area contributed by atoms with Crippen LogP contribution in [0.3, 0.4) is 0 Å². The minimum absolute atomic E-state index is 0.0254. The van der Waals surface area contributed by atoms with E-state index in [9.17, 15) is 13.6 Å². The van der Waals surface area contributed by atoms with Crippen LogP contribution in [0, 0.1) is 0 Å². The van der Waals surface area contributed by atoms with E-state index in [0.29, 0.717) is 6.54 Å². The van der Waals surface area contributed by atoms with Crippen molar-refractivity contribution in [3.8, 4) is 5.75 Å². The lowest BCUT2D eigenvalue weighted by atomic mass is 10.1. The molecule has 0 bridgehead atoms. The molecule has 1 aromatic carbocycles. The van der Waals surface area contributed by atoms with Gasteiger partial charge in [0.25, 0.3) is 5.92 Å². The number of nitrogens with one attached hydrogen (secondary N) is 1. The standard InChI is InChI=1S/C17H20F2N4O3/c1-25-13-5-3-2-4-11(13)9-21-10-12-8-17(18,19)15(26-12)23-7-6-14(20)22-16(23)24/h2-7,12,15,21H,8-10H2,1H3,(H2,20,22,24)/t12-,15+/m0/s1. The van der Waals surface area contributed by atoms with E-state index in [1.807, 2.05) is 24.3 Å². The third-order valence-corrected chi connectivity index (χ3v) is 4.17. The van der Waals surface area contributed by atoms with Crippen LogP contribution in [0.4, 0.5) is 14.6 Å². The van der Waals surface area contributed by atoms with E-state index in [2.05, 4.69) is 10.3 Å². The Hall–Kier alpha value is -2.52. The van der Waals surface area contributed by atoms with Gasteiger partial charge >= 0.3 is 5.69 Å². The van der Waals surface area contributed by atoms with Crippen LogP contribution in [0.25, 0.3) is 0 Å². The first-order valence-electron chi connectivity index (χ1n) is 8.11. The molecule has 0 spiro atoms. The second kappa shape index (κ2) is 7.38.